The van der Waals surface area contributed by atoms with Crippen molar-refractivity contribution in [2.24, 2.45) is 0 Å². The zero-order valence-electron chi connectivity index (χ0n) is 14.8. The van der Waals surface area contributed by atoms with Gasteiger partial charge in [0.25, 0.3) is 0 Å². The largest absolute Gasteiger partial charge is 0.351 e. The van der Waals surface area contributed by atoms with Gasteiger partial charge in [-0.1, -0.05) is 6.07 Å². The van der Waals surface area contributed by atoms with Crippen molar-refractivity contribution in [1.82, 2.24) is 20.5 Å². The minimum Gasteiger partial charge on any atom is -0.351 e. The summed E-state index contributed by atoms with van der Waals surface area (Å²) >= 11 is 1.54. The number of nitrogens with one attached hydrogen (secondary N) is 2. The van der Waals surface area contributed by atoms with Gasteiger partial charge in [0.1, 0.15) is 6.04 Å². The van der Waals surface area contributed by atoms with Gasteiger partial charge in [0.15, 0.2) is 0 Å². The highest BCUT2D eigenvalue weighted by Gasteiger charge is 2.38. The van der Waals surface area contributed by atoms with E-state index in [9.17, 15) is 9.59 Å². The Morgan fingerprint density at radius 3 is 2.80 bits per heavy atom. The van der Waals surface area contributed by atoms with Gasteiger partial charge in [0, 0.05) is 37.6 Å². The van der Waals surface area contributed by atoms with Crippen LogP contribution in [0.3, 0.4) is 0 Å². The Kier molecular flexibility index (Phi) is 5.64. The smallest absolute Gasteiger partial charge is 0.243 e. The van der Waals surface area contributed by atoms with E-state index in [1.807, 2.05) is 38.2 Å². The van der Waals surface area contributed by atoms with Crippen LogP contribution in [0.2, 0.25) is 0 Å². The van der Waals surface area contributed by atoms with Crippen molar-refractivity contribution in [3.05, 3.63) is 30.1 Å². The number of nitrogens with zero attached hydrogens (tertiary/aromatic N) is 2. The van der Waals surface area contributed by atoms with Crippen LogP contribution in [0, 0.1) is 0 Å². The number of hydrogen-bond acceptors (Lipinski definition) is 5. The van der Waals surface area contributed by atoms with Gasteiger partial charge in [-0.25, -0.2) is 0 Å². The van der Waals surface area contributed by atoms with Crippen molar-refractivity contribution in [2.45, 2.75) is 50.1 Å². The average Bonchev–Trinajstić information content (AvgIpc) is 2.60. The molecule has 0 spiro atoms. The maximum Gasteiger partial charge on any atom is 0.243 e. The van der Waals surface area contributed by atoms with Crippen LogP contribution >= 0.6 is 11.8 Å². The molecule has 136 valence electrons. The highest BCUT2D eigenvalue weighted by Crippen LogP contribution is 2.29. The molecule has 2 aliphatic rings. The Hall–Kier alpha value is -1.60. The first-order chi connectivity index (χ1) is 11.9. The minimum absolute atomic E-state index is 0.0560. The summed E-state index contributed by atoms with van der Waals surface area (Å²) in [5.41, 5.74) is 1.08. The fourth-order valence-corrected chi connectivity index (χ4v) is 4.14. The summed E-state index contributed by atoms with van der Waals surface area (Å²) in [6.07, 6.45) is 3.68. The standard InChI is InChI=1S/C18H26N4O2S/c1-18(2)17(24)21-15(12-25-18)16(23)20-13-6-9-22(10-7-13)11-14-5-3-4-8-19-14/h3-5,8,13,15H,6-7,9-12H2,1-2H3,(H,20,23)(H,21,24)/t15-/m1/s1. The van der Waals surface area contributed by atoms with E-state index >= 15 is 0 Å². The van der Waals surface area contributed by atoms with Gasteiger partial charge in [-0.15, -0.1) is 11.8 Å². The van der Waals surface area contributed by atoms with Gasteiger partial charge in [-0.2, -0.15) is 0 Å². The molecule has 0 aliphatic carbocycles. The summed E-state index contributed by atoms with van der Waals surface area (Å²) in [5, 5.41) is 5.96. The summed E-state index contributed by atoms with van der Waals surface area (Å²) in [7, 11) is 0. The highest BCUT2D eigenvalue weighted by atomic mass is 32.2. The lowest BCUT2D eigenvalue weighted by Gasteiger charge is -2.35. The highest BCUT2D eigenvalue weighted by molar-refractivity contribution is 8.01. The van der Waals surface area contributed by atoms with Crippen LogP contribution in [-0.4, -0.2) is 57.4 Å². The summed E-state index contributed by atoms with van der Waals surface area (Å²) in [6.45, 7) is 6.52. The Bertz CT molecular complexity index is 615. The van der Waals surface area contributed by atoms with Crippen molar-refractivity contribution in [3.8, 4) is 0 Å². The van der Waals surface area contributed by atoms with Crippen LogP contribution in [0.15, 0.2) is 24.4 Å². The second-order valence-corrected chi connectivity index (χ2v) is 8.87. The topological polar surface area (TPSA) is 74.3 Å². The van der Waals surface area contributed by atoms with E-state index in [-0.39, 0.29) is 17.9 Å². The Morgan fingerprint density at radius 1 is 1.40 bits per heavy atom. The molecule has 1 aromatic rings. The van der Waals surface area contributed by atoms with Gasteiger partial charge in [-0.3, -0.25) is 19.5 Å². The summed E-state index contributed by atoms with van der Waals surface area (Å²) < 4.78 is -0.451. The molecule has 0 aromatic carbocycles. The fourth-order valence-electron chi connectivity index (χ4n) is 3.13. The summed E-state index contributed by atoms with van der Waals surface area (Å²) in [5.74, 6) is 0.511. The molecule has 2 N–H and O–H groups in total. The number of pyridine rings is 1. The molecular weight excluding hydrogens is 336 g/mol. The third-order valence-electron chi connectivity index (χ3n) is 4.83. The van der Waals surface area contributed by atoms with E-state index < -0.39 is 10.8 Å². The molecule has 2 fully saturated rings. The molecule has 25 heavy (non-hydrogen) atoms. The van der Waals surface area contributed by atoms with Crippen LogP contribution in [0.4, 0.5) is 0 Å². The number of likely N-dealkylation sites (tertiary alicyclic amines) is 1. The van der Waals surface area contributed by atoms with Gasteiger partial charge in [0.2, 0.25) is 11.8 Å². The van der Waals surface area contributed by atoms with Crippen LogP contribution in [0.1, 0.15) is 32.4 Å². The lowest BCUT2D eigenvalue weighted by atomic mass is 10.0. The van der Waals surface area contributed by atoms with Crippen LogP contribution < -0.4 is 10.6 Å². The lowest BCUT2D eigenvalue weighted by molar-refractivity contribution is -0.130. The maximum absolute atomic E-state index is 12.4. The molecule has 0 saturated carbocycles. The maximum atomic E-state index is 12.4. The SMILES string of the molecule is CC1(C)SC[C@H](C(=O)NC2CCN(Cc3ccccn3)CC2)NC1=O. The van der Waals surface area contributed by atoms with Crippen molar-refractivity contribution < 1.29 is 9.59 Å². The van der Waals surface area contributed by atoms with Gasteiger partial charge in [0.05, 0.1) is 10.4 Å². The Morgan fingerprint density at radius 2 is 2.16 bits per heavy atom. The van der Waals surface area contributed by atoms with Crippen molar-refractivity contribution in [2.75, 3.05) is 18.8 Å². The first kappa shape index (κ1) is 18.2. The first-order valence-electron chi connectivity index (χ1n) is 8.81. The number of hydrogen-bond donors (Lipinski definition) is 2. The predicted octanol–water partition coefficient (Wildman–Crippen LogP) is 1.17. The number of rotatable bonds is 4. The Balaban J connectivity index is 1.43. The minimum atomic E-state index is -0.451. The second kappa shape index (κ2) is 7.74. The van der Waals surface area contributed by atoms with Gasteiger partial charge < -0.3 is 10.6 Å². The monoisotopic (exact) mass is 362 g/mol. The molecule has 1 aromatic heterocycles. The number of aromatic nitrogens is 1. The van der Waals surface area contributed by atoms with Crippen molar-refractivity contribution >= 4 is 23.6 Å². The number of amides is 2. The molecule has 3 rings (SSSR count). The molecule has 2 saturated heterocycles. The van der Waals surface area contributed by atoms with Gasteiger partial charge >= 0.3 is 0 Å². The lowest BCUT2D eigenvalue weighted by Crippen LogP contribution is -2.58. The molecule has 2 amide bonds. The third kappa shape index (κ3) is 4.73. The van der Waals surface area contributed by atoms with E-state index in [1.165, 1.54) is 0 Å². The van der Waals surface area contributed by atoms with E-state index in [0.717, 1.165) is 38.2 Å². The molecule has 0 radical (unpaired) electrons. The summed E-state index contributed by atoms with van der Waals surface area (Å²) in [6, 6.07) is 5.74. The average molecular weight is 362 g/mol. The number of thioether (sulfide) groups is 1. The zero-order chi connectivity index (χ0) is 17.9. The quantitative estimate of drug-likeness (QED) is 0.841. The summed E-state index contributed by atoms with van der Waals surface area (Å²) in [4.78, 5) is 31.2. The number of carbonyl (C=O) groups excluding carboxylic acids is 2. The van der Waals surface area contributed by atoms with E-state index in [0.29, 0.717) is 5.75 Å². The van der Waals surface area contributed by atoms with Crippen molar-refractivity contribution in [1.29, 1.82) is 0 Å². The fraction of sp³-hybridized carbons (Fsp3) is 0.611. The normalized spacial score (nSPS) is 24.6. The molecule has 0 bridgehead atoms. The van der Waals surface area contributed by atoms with E-state index in [4.69, 9.17) is 0 Å². The van der Waals surface area contributed by atoms with Crippen molar-refractivity contribution in [3.63, 3.8) is 0 Å². The predicted molar refractivity (Wildman–Crippen MR) is 99.1 cm³/mol. The van der Waals surface area contributed by atoms with Gasteiger partial charge in [-0.05, 0) is 38.8 Å². The van der Waals surface area contributed by atoms with Crippen LogP contribution in [-0.2, 0) is 16.1 Å². The molecule has 3 heterocycles. The van der Waals surface area contributed by atoms with Crippen LogP contribution in [0.5, 0.6) is 0 Å². The van der Waals surface area contributed by atoms with E-state index in [2.05, 4.69) is 20.5 Å². The first-order valence-corrected chi connectivity index (χ1v) is 9.80. The van der Waals surface area contributed by atoms with Crippen LogP contribution in [0.25, 0.3) is 0 Å². The molecule has 2 aliphatic heterocycles. The number of piperidine rings is 1. The molecular formula is C18H26N4O2S. The molecule has 0 unspecified atom stereocenters. The zero-order valence-corrected chi connectivity index (χ0v) is 15.6. The molecule has 1 atom stereocenters. The third-order valence-corrected chi connectivity index (χ3v) is 6.23. The molecule has 6 nitrogen and oxygen atoms in total. The molecule has 7 heteroatoms. The second-order valence-electron chi connectivity index (χ2n) is 7.23. The van der Waals surface area contributed by atoms with E-state index in [1.54, 1.807) is 11.8 Å². The Labute approximate surface area is 153 Å². The number of carbonyl (C=O) groups is 2.